The standard InChI is InChI=1S/C21H20F2N2O4S.C19H13F5N2OS.C19H14F4N2OS/c1-27-10-11-28-13-19(26)25-21(8-9-29-18-5-3-2-4-16(18)21)30-20(24-25)15-12-14(22)6-7-17(15)23;20-12-7-8-15(21)13(10-12)16-25-26(17(27)19(22,23)24)18(28-16)9-3-5-11-4-1-2-6-14(11)18;20-12-7-8-15(21)13(10-12)17-24-25(18(26)16(22)23)19(27-17)9-3-5-11-4-1-2-6-14(11)19/h2-7,12H,8-11,13H2,1H3;1-2,4,6-8,10H,3,5,9H2;1-2,4,6-8,10,16H,3,5,9H2. The fourth-order valence-electron chi connectivity index (χ4n) is 10.6. The number of ether oxygens (including phenoxy) is 3. The van der Waals surface area contributed by atoms with E-state index in [4.69, 9.17) is 14.2 Å². The highest BCUT2D eigenvalue weighted by Crippen LogP contribution is 2.57. The van der Waals surface area contributed by atoms with Crippen LogP contribution in [0.1, 0.15) is 76.6 Å². The third kappa shape index (κ3) is 12.0. The number of thioether (sulfide) groups is 3. The number of fused-ring (bicyclic) bond motifs is 6. The van der Waals surface area contributed by atoms with Crippen molar-refractivity contribution in [3.8, 4) is 5.75 Å². The fraction of sp³-hybridized carbons (Fsp3) is 0.288. The molecular weight excluding hydrogens is 1190 g/mol. The third-order valence-electron chi connectivity index (χ3n) is 14.4. The number of carbonyl (C=O) groups is 3. The predicted molar refractivity (Wildman–Crippen MR) is 297 cm³/mol. The molecular formula is C59H47F11N6O6S3. The summed E-state index contributed by atoms with van der Waals surface area (Å²) in [6.45, 7) is 0.752. The van der Waals surface area contributed by atoms with E-state index in [0.717, 1.165) is 106 Å². The molecule has 0 radical (unpaired) electrons. The zero-order valence-electron chi connectivity index (χ0n) is 44.5. The zero-order chi connectivity index (χ0) is 60.4. The van der Waals surface area contributed by atoms with Gasteiger partial charge < -0.3 is 14.2 Å². The fourth-order valence-corrected chi connectivity index (χ4v) is 15.0. The van der Waals surface area contributed by atoms with Crippen LogP contribution in [-0.2, 0) is 51.3 Å². The van der Waals surface area contributed by atoms with Gasteiger partial charge in [-0.25, -0.2) is 41.4 Å². The van der Waals surface area contributed by atoms with E-state index in [1.54, 1.807) is 43.5 Å². The van der Waals surface area contributed by atoms with Crippen LogP contribution in [0.2, 0.25) is 0 Å². The first-order valence-electron chi connectivity index (χ1n) is 26.2. The summed E-state index contributed by atoms with van der Waals surface area (Å²) >= 11 is 3.10. The second kappa shape index (κ2) is 25.0. The van der Waals surface area contributed by atoms with Gasteiger partial charge in [0.05, 0.1) is 19.8 Å². The predicted octanol–water partition coefficient (Wildman–Crippen LogP) is 13.1. The highest BCUT2D eigenvalue weighted by molar-refractivity contribution is 8.16. The molecule has 444 valence electrons. The number of rotatable bonds is 9. The summed E-state index contributed by atoms with van der Waals surface area (Å²) in [6.07, 6.45) is -4.79. The van der Waals surface area contributed by atoms with E-state index in [9.17, 15) is 62.7 Å². The van der Waals surface area contributed by atoms with Gasteiger partial charge in [-0.1, -0.05) is 102 Å². The molecule has 3 amide bonds. The van der Waals surface area contributed by atoms with Crippen LogP contribution in [0.4, 0.5) is 48.3 Å². The number of hydrogen-bond donors (Lipinski definition) is 0. The van der Waals surface area contributed by atoms with E-state index in [0.29, 0.717) is 67.2 Å². The molecule has 3 unspecified atom stereocenters. The molecule has 0 fully saturated rings. The van der Waals surface area contributed by atoms with Gasteiger partial charge >= 0.3 is 24.4 Å². The number of nitrogens with zero attached hydrogens (tertiary/aromatic N) is 6. The van der Waals surface area contributed by atoms with Gasteiger partial charge in [0.15, 0.2) is 0 Å². The van der Waals surface area contributed by atoms with Crippen LogP contribution < -0.4 is 4.74 Å². The molecule has 4 heterocycles. The van der Waals surface area contributed by atoms with Gasteiger partial charge in [-0.05, 0) is 121 Å². The maximum Gasteiger partial charge on any atom is 0.473 e. The lowest BCUT2D eigenvalue weighted by atomic mass is 9.86. The second-order valence-electron chi connectivity index (χ2n) is 19.7. The number of carbonyl (C=O) groups excluding carboxylic acids is 3. The molecule has 6 aromatic rings. The Balaban J connectivity index is 0.000000142. The summed E-state index contributed by atoms with van der Waals surface area (Å²) < 4.78 is 166. The summed E-state index contributed by atoms with van der Waals surface area (Å²) in [5.74, 6) is -7.51. The molecule has 3 spiro atoms. The van der Waals surface area contributed by atoms with E-state index in [1.165, 1.54) is 16.8 Å². The number of hydrazone groups is 3. The molecule has 0 bridgehead atoms. The number of amides is 3. The van der Waals surface area contributed by atoms with E-state index in [2.05, 4.69) is 15.3 Å². The Morgan fingerprint density at radius 3 is 1.49 bits per heavy atom. The first-order valence-corrected chi connectivity index (χ1v) is 28.7. The number of hydrogen-bond acceptors (Lipinski definition) is 12. The minimum atomic E-state index is -5.15. The zero-order valence-corrected chi connectivity index (χ0v) is 46.9. The van der Waals surface area contributed by atoms with Gasteiger partial charge in [-0.15, -0.1) is 0 Å². The Kier molecular flexibility index (Phi) is 17.9. The molecule has 6 aliphatic rings. The van der Waals surface area contributed by atoms with Crippen LogP contribution in [-0.4, -0.2) is 94.0 Å². The summed E-state index contributed by atoms with van der Waals surface area (Å²) in [5, 5.41) is 14.9. The Labute approximate surface area is 491 Å². The first-order chi connectivity index (χ1) is 40.7. The van der Waals surface area contributed by atoms with Crippen LogP contribution >= 0.6 is 35.3 Å². The highest BCUT2D eigenvalue weighted by Gasteiger charge is 2.58. The van der Waals surface area contributed by atoms with Crippen molar-refractivity contribution >= 4 is 68.1 Å². The van der Waals surface area contributed by atoms with Crippen molar-refractivity contribution in [1.82, 2.24) is 15.0 Å². The van der Waals surface area contributed by atoms with Crippen molar-refractivity contribution in [2.45, 2.75) is 72.2 Å². The number of aryl methyl sites for hydroxylation is 2. The van der Waals surface area contributed by atoms with Gasteiger partial charge in [0.1, 0.15) is 77.0 Å². The Morgan fingerprint density at radius 2 is 1.01 bits per heavy atom. The molecule has 2 aliphatic carbocycles. The van der Waals surface area contributed by atoms with Crippen molar-refractivity contribution in [1.29, 1.82) is 0 Å². The van der Waals surface area contributed by atoms with Crippen LogP contribution in [0.5, 0.6) is 5.75 Å². The van der Waals surface area contributed by atoms with Crippen molar-refractivity contribution in [2.75, 3.05) is 33.5 Å². The average Bonchev–Trinajstić information content (AvgIpc) is 1.71. The number of methoxy groups -OCH3 is 1. The Bertz CT molecular complexity index is 3670. The average molecular weight is 1240 g/mol. The summed E-state index contributed by atoms with van der Waals surface area (Å²) in [6, 6.07) is 30.2. The Hall–Kier alpha value is -7.26. The quantitative estimate of drug-likeness (QED) is 0.103. The topological polar surface area (TPSA) is 126 Å². The minimum absolute atomic E-state index is 0.0118. The molecule has 4 aliphatic heterocycles. The lowest BCUT2D eigenvalue weighted by molar-refractivity contribution is -0.189. The van der Waals surface area contributed by atoms with Crippen LogP contribution in [0, 0.1) is 34.9 Å². The SMILES string of the molecule is COCCOCC(=O)N1N=C(c2cc(F)ccc2F)SC12CCOc1ccccc12.O=C(C(F)F)N1N=C(c2cc(F)ccc2F)SC12CCCc1ccccc12.O=C(N1N=C(c2cc(F)ccc2F)SC12CCCc1ccccc12)C(F)(F)F. The summed E-state index contributed by atoms with van der Waals surface area (Å²) in [5.41, 5.74) is 3.31. The molecule has 12 nitrogen and oxygen atoms in total. The maximum absolute atomic E-state index is 14.5. The third-order valence-corrected chi connectivity index (χ3v) is 18.7. The first kappa shape index (κ1) is 60.8. The molecule has 85 heavy (non-hydrogen) atoms. The Morgan fingerprint density at radius 1 is 0.576 bits per heavy atom. The summed E-state index contributed by atoms with van der Waals surface area (Å²) in [7, 11) is 1.54. The van der Waals surface area contributed by atoms with Crippen molar-refractivity contribution in [3.05, 3.63) is 207 Å². The van der Waals surface area contributed by atoms with E-state index >= 15 is 0 Å². The molecule has 6 aromatic carbocycles. The van der Waals surface area contributed by atoms with Gasteiger partial charge in [0.25, 0.3) is 5.91 Å². The number of benzene rings is 6. The summed E-state index contributed by atoms with van der Waals surface area (Å²) in [4.78, 5) is 33.9. The van der Waals surface area contributed by atoms with Crippen molar-refractivity contribution < 1.29 is 76.9 Å². The van der Waals surface area contributed by atoms with Crippen molar-refractivity contribution in [2.24, 2.45) is 15.3 Å². The molecule has 0 saturated carbocycles. The van der Waals surface area contributed by atoms with Gasteiger partial charge in [0, 0.05) is 35.8 Å². The lowest BCUT2D eigenvalue weighted by Crippen LogP contribution is -2.48. The molecule has 12 rings (SSSR count). The lowest BCUT2D eigenvalue weighted by Gasteiger charge is -2.40. The molecule has 0 aromatic heterocycles. The monoisotopic (exact) mass is 1240 g/mol. The van der Waals surface area contributed by atoms with Crippen molar-refractivity contribution in [3.63, 3.8) is 0 Å². The minimum Gasteiger partial charge on any atom is -0.493 e. The van der Waals surface area contributed by atoms with Crippen LogP contribution in [0.15, 0.2) is 143 Å². The molecule has 3 atom stereocenters. The van der Waals surface area contributed by atoms with Gasteiger partial charge in [-0.2, -0.15) is 37.3 Å². The molecule has 0 N–H and O–H groups in total. The second-order valence-corrected chi connectivity index (χ2v) is 23.5. The molecule has 26 heteroatoms. The van der Waals surface area contributed by atoms with E-state index in [-0.39, 0.29) is 57.4 Å². The van der Waals surface area contributed by atoms with Crippen LogP contribution in [0.25, 0.3) is 0 Å². The largest absolute Gasteiger partial charge is 0.493 e. The normalized spacial score (nSPS) is 21.0. The van der Waals surface area contributed by atoms with E-state index < -0.39 is 73.9 Å². The van der Waals surface area contributed by atoms with E-state index in [1.807, 2.05) is 36.4 Å². The number of halogens is 11. The van der Waals surface area contributed by atoms with Gasteiger partial charge in [-0.3, -0.25) is 14.4 Å². The highest BCUT2D eigenvalue weighted by atomic mass is 32.2. The van der Waals surface area contributed by atoms with Gasteiger partial charge in [0.2, 0.25) is 0 Å². The number of alkyl halides is 5. The van der Waals surface area contributed by atoms with Crippen LogP contribution in [0.3, 0.4) is 0 Å². The molecule has 0 saturated heterocycles. The number of para-hydroxylation sites is 1. The smallest absolute Gasteiger partial charge is 0.473 e. The maximum atomic E-state index is 14.5.